The Morgan fingerprint density at radius 3 is 2.43 bits per heavy atom. The van der Waals surface area contributed by atoms with Crippen molar-refractivity contribution in [2.75, 3.05) is 6.54 Å². The van der Waals surface area contributed by atoms with Gasteiger partial charge in [-0.3, -0.25) is 5.32 Å². The fourth-order valence-corrected chi connectivity index (χ4v) is 3.98. The van der Waals surface area contributed by atoms with Gasteiger partial charge in [-0.1, -0.05) is 6.92 Å². The zero-order valence-electron chi connectivity index (χ0n) is 8.75. The molecular formula is C11H19NO2. The van der Waals surface area contributed by atoms with Crippen LogP contribution in [0.15, 0.2) is 0 Å². The average molecular weight is 197 g/mol. The highest BCUT2D eigenvalue weighted by molar-refractivity contribution is 5.03. The lowest BCUT2D eigenvalue weighted by atomic mass is 9.63. The van der Waals surface area contributed by atoms with Gasteiger partial charge in [-0.25, -0.2) is 0 Å². The molecule has 4 fully saturated rings. The van der Waals surface area contributed by atoms with E-state index in [2.05, 4.69) is 12.2 Å². The first-order chi connectivity index (χ1) is 6.63. The first-order valence-electron chi connectivity index (χ1n) is 5.81. The third-order valence-corrected chi connectivity index (χ3v) is 4.00. The number of ether oxygens (including phenoxy) is 1. The van der Waals surface area contributed by atoms with Crippen LogP contribution in [0.1, 0.15) is 39.0 Å². The van der Waals surface area contributed by atoms with Crippen molar-refractivity contribution in [1.29, 1.82) is 0 Å². The van der Waals surface area contributed by atoms with E-state index in [-0.39, 0.29) is 5.72 Å². The van der Waals surface area contributed by atoms with Crippen LogP contribution in [0.5, 0.6) is 0 Å². The molecule has 0 aromatic rings. The largest absolute Gasteiger partial charge is 0.365 e. The fourth-order valence-electron chi connectivity index (χ4n) is 3.98. The molecule has 4 bridgehead atoms. The molecule has 2 unspecified atom stereocenters. The molecule has 3 heteroatoms. The minimum atomic E-state index is -0.799. The Kier molecular flexibility index (Phi) is 1.77. The van der Waals surface area contributed by atoms with Crippen molar-refractivity contribution in [3.8, 4) is 0 Å². The third kappa shape index (κ3) is 1.23. The summed E-state index contributed by atoms with van der Waals surface area (Å²) in [5.41, 5.74) is -0.187. The molecule has 0 spiro atoms. The number of aliphatic hydroxyl groups is 1. The van der Waals surface area contributed by atoms with Gasteiger partial charge in [0.25, 0.3) is 0 Å². The lowest BCUT2D eigenvalue weighted by Crippen LogP contribution is -2.66. The summed E-state index contributed by atoms with van der Waals surface area (Å²) in [4.78, 5) is 0. The molecule has 0 aromatic heterocycles. The normalized spacial score (nSPS) is 55.3. The van der Waals surface area contributed by atoms with E-state index >= 15 is 0 Å². The van der Waals surface area contributed by atoms with E-state index in [1.165, 1.54) is 6.42 Å². The topological polar surface area (TPSA) is 41.5 Å². The van der Waals surface area contributed by atoms with Crippen molar-refractivity contribution in [2.45, 2.75) is 50.5 Å². The highest BCUT2D eigenvalue weighted by atomic mass is 16.7. The summed E-state index contributed by atoms with van der Waals surface area (Å²) < 4.78 is 5.88. The second-order valence-corrected chi connectivity index (χ2v) is 5.36. The van der Waals surface area contributed by atoms with Crippen LogP contribution in [0, 0.1) is 11.8 Å². The van der Waals surface area contributed by atoms with Gasteiger partial charge in [0.2, 0.25) is 0 Å². The number of hydrogen-bond donors (Lipinski definition) is 2. The van der Waals surface area contributed by atoms with Crippen LogP contribution in [0.3, 0.4) is 0 Å². The first-order valence-corrected chi connectivity index (χ1v) is 5.81. The Labute approximate surface area is 84.8 Å². The van der Waals surface area contributed by atoms with Crippen LogP contribution in [-0.4, -0.2) is 23.2 Å². The molecule has 2 heterocycles. The van der Waals surface area contributed by atoms with Crippen LogP contribution < -0.4 is 5.32 Å². The van der Waals surface area contributed by atoms with Gasteiger partial charge in [-0.2, -0.15) is 0 Å². The molecule has 80 valence electrons. The van der Waals surface area contributed by atoms with Crippen LogP contribution >= 0.6 is 0 Å². The second-order valence-electron chi connectivity index (χ2n) is 5.36. The van der Waals surface area contributed by atoms with Crippen LogP contribution in [0.2, 0.25) is 0 Å². The number of nitrogens with one attached hydrogen (secondary N) is 1. The highest BCUT2D eigenvalue weighted by Gasteiger charge is 2.58. The average Bonchev–Trinajstić information content (AvgIpc) is 1.97. The van der Waals surface area contributed by atoms with E-state index < -0.39 is 5.79 Å². The van der Waals surface area contributed by atoms with Crippen LogP contribution in [0.25, 0.3) is 0 Å². The van der Waals surface area contributed by atoms with Crippen LogP contribution in [0.4, 0.5) is 0 Å². The zero-order valence-corrected chi connectivity index (χ0v) is 8.75. The third-order valence-electron chi connectivity index (χ3n) is 4.00. The van der Waals surface area contributed by atoms with E-state index in [1.807, 2.05) is 0 Å². The number of rotatable bonds is 2. The fraction of sp³-hybridized carbons (Fsp3) is 1.00. The van der Waals surface area contributed by atoms with Gasteiger partial charge < -0.3 is 9.84 Å². The van der Waals surface area contributed by atoms with E-state index in [0.717, 1.165) is 32.2 Å². The zero-order chi connectivity index (χ0) is 9.81. The SMILES string of the molecule is CCNC12CC3CC(CC(O)(C3)O1)C2. The standard InChI is InChI=1S/C11H19NO2/c1-2-12-10-4-8-3-9(5-10)7-11(13,6-8)14-10/h8-9,12-13H,2-7H2,1H3. The van der Waals surface area contributed by atoms with Gasteiger partial charge in [-0.05, 0) is 37.6 Å². The summed E-state index contributed by atoms with van der Waals surface area (Å²) in [7, 11) is 0. The van der Waals surface area contributed by atoms with Crippen molar-refractivity contribution in [3.05, 3.63) is 0 Å². The molecule has 2 N–H and O–H groups in total. The quantitative estimate of drug-likeness (QED) is 0.699. The molecule has 0 amide bonds. The minimum absolute atomic E-state index is 0.187. The molecule has 2 aliphatic heterocycles. The smallest absolute Gasteiger partial charge is 0.168 e. The maximum Gasteiger partial charge on any atom is 0.168 e. The maximum atomic E-state index is 10.2. The molecule has 2 aliphatic carbocycles. The molecule has 2 saturated carbocycles. The molecule has 2 saturated heterocycles. The molecule has 2 atom stereocenters. The van der Waals surface area contributed by atoms with Gasteiger partial charge in [0.05, 0.1) is 0 Å². The Morgan fingerprint density at radius 2 is 1.93 bits per heavy atom. The summed E-state index contributed by atoms with van der Waals surface area (Å²) >= 11 is 0. The van der Waals surface area contributed by atoms with E-state index in [1.54, 1.807) is 0 Å². The number of hydrogen-bond acceptors (Lipinski definition) is 3. The first kappa shape index (κ1) is 9.13. The predicted molar refractivity (Wildman–Crippen MR) is 52.5 cm³/mol. The van der Waals surface area contributed by atoms with Gasteiger partial charge >= 0.3 is 0 Å². The Hall–Kier alpha value is -0.120. The molecule has 4 aliphatic rings. The summed E-state index contributed by atoms with van der Waals surface area (Å²) in [6.45, 7) is 3.03. The lowest BCUT2D eigenvalue weighted by molar-refractivity contribution is -0.363. The van der Waals surface area contributed by atoms with Crippen molar-refractivity contribution < 1.29 is 9.84 Å². The van der Waals surface area contributed by atoms with E-state index in [0.29, 0.717) is 11.8 Å². The van der Waals surface area contributed by atoms with E-state index in [4.69, 9.17) is 4.74 Å². The van der Waals surface area contributed by atoms with Crippen molar-refractivity contribution >= 4 is 0 Å². The summed E-state index contributed by atoms with van der Waals surface area (Å²) in [5, 5.41) is 13.7. The van der Waals surface area contributed by atoms with Gasteiger partial charge in [0, 0.05) is 12.8 Å². The van der Waals surface area contributed by atoms with Gasteiger partial charge in [0.1, 0.15) is 5.72 Å². The molecule has 0 radical (unpaired) electrons. The lowest BCUT2D eigenvalue weighted by Gasteiger charge is -2.59. The van der Waals surface area contributed by atoms with Gasteiger partial charge in [-0.15, -0.1) is 0 Å². The second kappa shape index (κ2) is 2.71. The monoisotopic (exact) mass is 197 g/mol. The van der Waals surface area contributed by atoms with E-state index in [9.17, 15) is 5.11 Å². The van der Waals surface area contributed by atoms with Crippen LogP contribution in [-0.2, 0) is 4.74 Å². The summed E-state index contributed by atoms with van der Waals surface area (Å²) in [6, 6.07) is 0. The maximum absolute atomic E-state index is 10.2. The van der Waals surface area contributed by atoms with Crippen molar-refractivity contribution in [3.63, 3.8) is 0 Å². The summed E-state index contributed by atoms with van der Waals surface area (Å²) in [5.74, 6) is 0.562. The van der Waals surface area contributed by atoms with Crippen molar-refractivity contribution in [2.24, 2.45) is 11.8 Å². The molecular weight excluding hydrogens is 178 g/mol. The highest BCUT2D eigenvalue weighted by Crippen LogP contribution is 2.55. The minimum Gasteiger partial charge on any atom is -0.365 e. The molecule has 14 heavy (non-hydrogen) atoms. The summed E-state index contributed by atoms with van der Waals surface area (Å²) in [6.07, 6.45) is 5.21. The molecule has 4 rings (SSSR count). The Bertz CT molecular complexity index is 240. The van der Waals surface area contributed by atoms with Crippen molar-refractivity contribution in [1.82, 2.24) is 5.32 Å². The predicted octanol–water partition coefficient (Wildman–Crippen LogP) is 1.22. The molecule has 0 aromatic carbocycles. The Morgan fingerprint density at radius 1 is 1.29 bits per heavy atom. The van der Waals surface area contributed by atoms with Gasteiger partial charge in [0.15, 0.2) is 5.79 Å². The Balaban J connectivity index is 1.89. The molecule has 3 nitrogen and oxygen atoms in total.